The Bertz CT molecular complexity index is 144. The summed E-state index contributed by atoms with van der Waals surface area (Å²) in [6.07, 6.45) is 4.33. The van der Waals surface area contributed by atoms with Crippen molar-refractivity contribution in [3.05, 3.63) is 0 Å². The quantitative estimate of drug-likeness (QED) is 0.465. The van der Waals surface area contributed by atoms with E-state index in [4.69, 9.17) is 5.73 Å². The molecule has 1 nitrogen and oxygen atoms in total. The Kier molecular flexibility index (Phi) is 0.200. The van der Waals surface area contributed by atoms with Gasteiger partial charge in [-0.2, -0.15) is 0 Å². The van der Waals surface area contributed by atoms with Crippen molar-refractivity contribution in [2.24, 2.45) is 16.6 Å². The number of rotatable bonds is 0. The minimum atomic E-state index is 0.618. The molecule has 1 heteroatoms. The van der Waals surface area contributed by atoms with Gasteiger partial charge in [-0.15, -0.1) is 0 Å². The van der Waals surface area contributed by atoms with Gasteiger partial charge in [-0.1, -0.05) is 0 Å². The summed E-state index contributed by atoms with van der Waals surface area (Å²) in [5.41, 5.74) is 7.39. The second-order valence-corrected chi connectivity index (χ2v) is 3.60. The Morgan fingerprint density at radius 1 is 1.43 bits per heavy atom. The topological polar surface area (TPSA) is 26.0 Å². The molecule has 3 rings (SSSR count). The third-order valence-corrected chi connectivity index (χ3v) is 3.43. The Morgan fingerprint density at radius 2 is 2.14 bits per heavy atom. The van der Waals surface area contributed by atoms with E-state index in [1.807, 2.05) is 0 Å². The molecule has 3 fully saturated rings. The summed E-state index contributed by atoms with van der Waals surface area (Å²) < 4.78 is 0. The van der Waals surface area contributed by atoms with Crippen LogP contribution in [0.3, 0.4) is 0 Å². The fourth-order valence-electron chi connectivity index (χ4n) is 2.56. The van der Waals surface area contributed by atoms with Crippen molar-refractivity contribution in [3.63, 3.8) is 0 Å². The van der Waals surface area contributed by atoms with Gasteiger partial charge in [0.1, 0.15) is 0 Å². The molecular formula is C6H9N. The molecule has 0 amide bonds. The maximum absolute atomic E-state index is 5.73. The van der Waals surface area contributed by atoms with E-state index in [0.717, 1.165) is 10.8 Å². The molecule has 3 saturated carbocycles. The van der Waals surface area contributed by atoms with Crippen molar-refractivity contribution in [1.29, 1.82) is 0 Å². The zero-order valence-corrected chi connectivity index (χ0v) is 4.28. The van der Waals surface area contributed by atoms with Gasteiger partial charge in [0, 0.05) is 6.04 Å². The zero-order chi connectivity index (χ0) is 4.70. The summed E-state index contributed by atoms with van der Waals surface area (Å²) in [6, 6.07) is 0.618. The molecule has 0 aromatic heterocycles. The van der Waals surface area contributed by atoms with Crippen LogP contribution in [0.5, 0.6) is 0 Å². The molecule has 7 heavy (non-hydrogen) atoms. The maximum Gasteiger partial charge on any atom is 0.0107 e. The molecule has 0 bridgehead atoms. The van der Waals surface area contributed by atoms with Crippen LogP contribution in [0, 0.1) is 10.8 Å². The maximum atomic E-state index is 5.73. The molecule has 3 aliphatic carbocycles. The molecule has 38 valence electrons. The first kappa shape index (κ1) is 3.08. The van der Waals surface area contributed by atoms with Gasteiger partial charge < -0.3 is 5.73 Å². The van der Waals surface area contributed by atoms with Gasteiger partial charge in [-0.3, -0.25) is 0 Å². The Morgan fingerprint density at radius 3 is 2.14 bits per heavy atom. The third kappa shape index (κ3) is 0.120. The van der Waals surface area contributed by atoms with Gasteiger partial charge in [0.15, 0.2) is 0 Å². The first-order valence-electron chi connectivity index (χ1n) is 3.05. The second-order valence-electron chi connectivity index (χ2n) is 3.60. The van der Waals surface area contributed by atoms with Crippen LogP contribution < -0.4 is 5.73 Å². The normalized spacial score (nSPS) is 81.0. The van der Waals surface area contributed by atoms with Gasteiger partial charge in [-0.25, -0.2) is 0 Å². The van der Waals surface area contributed by atoms with E-state index in [2.05, 4.69) is 0 Å². The van der Waals surface area contributed by atoms with Crippen LogP contribution in [-0.2, 0) is 0 Å². The second kappa shape index (κ2) is 0.455. The molecule has 0 aromatic rings. The highest BCUT2D eigenvalue weighted by atomic mass is 15.0. The number of hydrogen-bond acceptors (Lipinski definition) is 1. The van der Waals surface area contributed by atoms with E-state index in [1.54, 1.807) is 0 Å². The van der Waals surface area contributed by atoms with E-state index in [1.165, 1.54) is 19.3 Å². The predicted octanol–water partition coefficient (Wildman–Crippen LogP) is 0.498. The Labute approximate surface area is 42.9 Å². The SMILES string of the molecule is NC1CC23CC12C3. The highest BCUT2D eigenvalue weighted by molar-refractivity contribution is 5.42. The average Bonchev–Trinajstić information content (AvgIpc) is 2.15. The van der Waals surface area contributed by atoms with Gasteiger partial charge in [0.2, 0.25) is 0 Å². The van der Waals surface area contributed by atoms with Gasteiger partial charge in [0.05, 0.1) is 0 Å². The van der Waals surface area contributed by atoms with Crippen LogP contribution in [0.1, 0.15) is 19.3 Å². The summed E-state index contributed by atoms with van der Waals surface area (Å²) in [7, 11) is 0. The van der Waals surface area contributed by atoms with Crippen molar-refractivity contribution in [1.82, 2.24) is 0 Å². The van der Waals surface area contributed by atoms with Gasteiger partial charge >= 0.3 is 0 Å². The fraction of sp³-hybridized carbons (Fsp3) is 1.00. The lowest BCUT2D eigenvalue weighted by Gasteiger charge is -2.17. The molecular weight excluding hydrogens is 86.1 g/mol. The monoisotopic (exact) mass is 95.1 g/mol. The summed E-state index contributed by atoms with van der Waals surface area (Å²) in [6.45, 7) is 0. The molecule has 0 radical (unpaired) electrons. The smallest absolute Gasteiger partial charge is 0.0107 e. The average molecular weight is 95.1 g/mol. The van der Waals surface area contributed by atoms with E-state index in [-0.39, 0.29) is 0 Å². The van der Waals surface area contributed by atoms with Crippen molar-refractivity contribution in [2.75, 3.05) is 0 Å². The minimum absolute atomic E-state index is 0.618. The zero-order valence-electron chi connectivity index (χ0n) is 4.28. The molecule has 0 aromatic carbocycles. The first-order valence-corrected chi connectivity index (χ1v) is 3.05. The van der Waals surface area contributed by atoms with Crippen LogP contribution >= 0.6 is 0 Å². The molecule has 0 heterocycles. The fourth-order valence-corrected chi connectivity index (χ4v) is 2.56. The van der Waals surface area contributed by atoms with Crippen LogP contribution in [0.4, 0.5) is 0 Å². The van der Waals surface area contributed by atoms with Crippen molar-refractivity contribution >= 4 is 0 Å². The van der Waals surface area contributed by atoms with Crippen molar-refractivity contribution in [3.8, 4) is 0 Å². The number of nitrogens with two attached hydrogens (primary N) is 1. The lowest BCUT2D eigenvalue weighted by molar-refractivity contribution is 0.386. The van der Waals surface area contributed by atoms with E-state index in [9.17, 15) is 0 Å². The van der Waals surface area contributed by atoms with Crippen LogP contribution in [0.2, 0.25) is 0 Å². The third-order valence-electron chi connectivity index (χ3n) is 3.43. The van der Waals surface area contributed by atoms with Crippen LogP contribution in [-0.4, -0.2) is 6.04 Å². The molecule has 1 atom stereocenters. The molecule has 0 aliphatic heterocycles. The lowest BCUT2D eigenvalue weighted by atomic mass is 9.94. The summed E-state index contributed by atoms with van der Waals surface area (Å²) >= 11 is 0. The van der Waals surface area contributed by atoms with Crippen LogP contribution in [0.15, 0.2) is 0 Å². The largest absolute Gasteiger partial charge is 0.327 e. The molecule has 1 unspecified atom stereocenters. The highest BCUT2D eigenvalue weighted by Gasteiger charge is 2.91. The molecule has 3 aliphatic rings. The summed E-state index contributed by atoms with van der Waals surface area (Å²) in [4.78, 5) is 0. The van der Waals surface area contributed by atoms with Crippen molar-refractivity contribution < 1.29 is 0 Å². The standard InChI is InChI=1S/C6H9N/c7-4-1-5-2-6(4,5)3-5/h4H,1-3,7H2. The molecule has 0 spiro atoms. The van der Waals surface area contributed by atoms with Crippen molar-refractivity contribution in [2.45, 2.75) is 25.3 Å². The molecule has 2 N–H and O–H groups in total. The first-order chi connectivity index (χ1) is 3.29. The van der Waals surface area contributed by atoms with E-state index >= 15 is 0 Å². The summed E-state index contributed by atoms with van der Waals surface area (Å²) in [5.74, 6) is 0. The van der Waals surface area contributed by atoms with E-state index < -0.39 is 0 Å². The van der Waals surface area contributed by atoms with E-state index in [0.29, 0.717) is 6.04 Å². The van der Waals surface area contributed by atoms with Gasteiger partial charge in [-0.05, 0) is 30.1 Å². The van der Waals surface area contributed by atoms with Crippen LogP contribution in [0.25, 0.3) is 0 Å². The Balaban J connectivity index is 2.14. The van der Waals surface area contributed by atoms with Gasteiger partial charge in [0.25, 0.3) is 0 Å². The number of hydrogen-bond donors (Lipinski definition) is 1. The minimum Gasteiger partial charge on any atom is -0.327 e. The predicted molar refractivity (Wildman–Crippen MR) is 26.7 cm³/mol. The lowest BCUT2D eigenvalue weighted by Crippen LogP contribution is -2.31. The molecule has 0 saturated heterocycles. The summed E-state index contributed by atoms with van der Waals surface area (Å²) in [5, 5.41) is 0. The highest BCUT2D eigenvalue weighted by Crippen LogP contribution is 2.96. The Hall–Kier alpha value is -0.0400.